The van der Waals surface area contributed by atoms with Crippen molar-refractivity contribution in [3.63, 3.8) is 0 Å². The first-order chi connectivity index (χ1) is 13.8. The van der Waals surface area contributed by atoms with Gasteiger partial charge in [-0.15, -0.1) is 0 Å². The van der Waals surface area contributed by atoms with E-state index in [9.17, 15) is 22.8 Å². The highest BCUT2D eigenvalue weighted by atomic mass is 35.5. The molecular weight excluding hydrogens is 405 g/mol. The Hall–Kier alpha value is -2.80. The lowest BCUT2D eigenvalue weighted by atomic mass is 10.0. The third kappa shape index (κ3) is 5.17. The van der Waals surface area contributed by atoms with Gasteiger partial charge in [0.1, 0.15) is 0 Å². The van der Waals surface area contributed by atoms with Gasteiger partial charge in [0.2, 0.25) is 5.91 Å². The zero-order chi connectivity index (χ0) is 21.0. The first kappa shape index (κ1) is 20.9. The minimum atomic E-state index is -4.72. The molecule has 2 amide bonds. The van der Waals surface area contributed by atoms with E-state index in [-0.39, 0.29) is 22.7 Å². The number of likely N-dealkylation sites (tertiary alicyclic amines) is 1. The van der Waals surface area contributed by atoms with Crippen LogP contribution in [-0.2, 0) is 4.79 Å². The highest BCUT2D eigenvalue weighted by Crippen LogP contribution is 2.34. The van der Waals surface area contributed by atoms with Gasteiger partial charge < -0.3 is 10.2 Å². The highest BCUT2D eigenvalue weighted by molar-refractivity contribution is 6.31. The molecule has 0 bridgehead atoms. The second kappa shape index (κ2) is 8.69. The van der Waals surface area contributed by atoms with Crippen molar-refractivity contribution in [1.29, 1.82) is 0 Å². The van der Waals surface area contributed by atoms with Crippen LogP contribution in [-0.4, -0.2) is 36.0 Å². The number of nitrogens with one attached hydrogen (secondary N) is 1. The van der Waals surface area contributed by atoms with E-state index < -0.39 is 17.7 Å². The molecule has 0 radical (unpaired) electrons. The van der Waals surface area contributed by atoms with Gasteiger partial charge in [0.15, 0.2) is 0 Å². The number of halogens is 4. The van der Waals surface area contributed by atoms with E-state index in [0.717, 1.165) is 12.8 Å². The normalized spacial score (nSPS) is 14.8. The van der Waals surface area contributed by atoms with Crippen LogP contribution in [0.5, 0.6) is 0 Å². The van der Waals surface area contributed by atoms with Crippen LogP contribution in [0.25, 0.3) is 5.57 Å². The number of carbonyl (C=O) groups excluding carboxylic acids is 2. The van der Waals surface area contributed by atoms with Crippen molar-refractivity contribution < 1.29 is 22.8 Å². The molecule has 3 rings (SSSR count). The summed E-state index contributed by atoms with van der Waals surface area (Å²) in [6.45, 7) is 1.18. The lowest BCUT2D eigenvalue weighted by Crippen LogP contribution is -2.28. The molecule has 0 spiro atoms. The monoisotopic (exact) mass is 422 g/mol. The summed E-state index contributed by atoms with van der Waals surface area (Å²) in [5.74, 6) is -1.30. The summed E-state index contributed by atoms with van der Waals surface area (Å²) in [5.41, 5.74) is -0.937. The zero-order valence-electron chi connectivity index (χ0n) is 15.3. The third-order valence-electron chi connectivity index (χ3n) is 4.53. The van der Waals surface area contributed by atoms with E-state index in [1.165, 1.54) is 42.5 Å². The van der Waals surface area contributed by atoms with Gasteiger partial charge in [-0.2, -0.15) is 13.2 Å². The molecule has 1 saturated heterocycles. The maximum atomic E-state index is 13.4. The Morgan fingerprint density at radius 1 is 1.03 bits per heavy atom. The molecule has 1 fully saturated rings. The number of hydrogen-bond acceptors (Lipinski definition) is 2. The van der Waals surface area contributed by atoms with Gasteiger partial charge in [0.25, 0.3) is 5.91 Å². The quantitative estimate of drug-likeness (QED) is 0.692. The molecule has 2 aromatic carbocycles. The number of hydrogen-bond donors (Lipinski definition) is 1. The summed E-state index contributed by atoms with van der Waals surface area (Å²) in [5, 5.41) is 2.69. The fourth-order valence-corrected chi connectivity index (χ4v) is 3.31. The SMILES string of the molecule is O=C(/C=C(\c1ccccc1)C(F)(F)F)Nc1ccc(Cl)cc1C(=O)N1CCCC1. The molecule has 0 saturated carbocycles. The summed E-state index contributed by atoms with van der Waals surface area (Å²) in [4.78, 5) is 26.7. The number of rotatable bonds is 4. The van der Waals surface area contributed by atoms with Gasteiger partial charge in [0, 0.05) is 24.2 Å². The van der Waals surface area contributed by atoms with E-state index in [4.69, 9.17) is 11.6 Å². The molecule has 0 unspecified atom stereocenters. The summed E-state index contributed by atoms with van der Waals surface area (Å²) in [6.07, 6.45) is -2.47. The average Bonchev–Trinajstić information content (AvgIpc) is 3.21. The maximum absolute atomic E-state index is 13.4. The van der Waals surface area contributed by atoms with E-state index in [1.807, 2.05) is 0 Å². The van der Waals surface area contributed by atoms with Gasteiger partial charge in [-0.05, 0) is 36.6 Å². The second-order valence-electron chi connectivity index (χ2n) is 6.60. The number of benzene rings is 2. The molecule has 4 nitrogen and oxygen atoms in total. The molecule has 2 aromatic rings. The summed E-state index contributed by atoms with van der Waals surface area (Å²) >= 11 is 5.98. The second-order valence-corrected chi connectivity index (χ2v) is 7.04. The van der Waals surface area contributed by atoms with Crippen molar-refractivity contribution in [3.8, 4) is 0 Å². The number of amides is 2. The van der Waals surface area contributed by atoms with Gasteiger partial charge in [-0.3, -0.25) is 9.59 Å². The van der Waals surface area contributed by atoms with Crippen LogP contribution in [0.4, 0.5) is 18.9 Å². The van der Waals surface area contributed by atoms with E-state index >= 15 is 0 Å². The minimum Gasteiger partial charge on any atom is -0.339 e. The van der Waals surface area contributed by atoms with Crippen LogP contribution < -0.4 is 5.32 Å². The summed E-state index contributed by atoms with van der Waals surface area (Å²) in [7, 11) is 0. The molecular formula is C21H18ClF3N2O2. The molecule has 0 atom stereocenters. The van der Waals surface area contributed by atoms with Crippen molar-refractivity contribution >= 4 is 34.7 Å². The molecule has 1 N–H and O–H groups in total. The van der Waals surface area contributed by atoms with Crippen molar-refractivity contribution in [1.82, 2.24) is 4.90 Å². The zero-order valence-corrected chi connectivity index (χ0v) is 16.1. The van der Waals surface area contributed by atoms with E-state index in [0.29, 0.717) is 24.2 Å². The lowest BCUT2D eigenvalue weighted by Gasteiger charge is -2.18. The Morgan fingerprint density at radius 2 is 1.69 bits per heavy atom. The summed E-state index contributed by atoms with van der Waals surface area (Å²) < 4.78 is 40.3. The van der Waals surface area contributed by atoms with Gasteiger partial charge >= 0.3 is 6.18 Å². The van der Waals surface area contributed by atoms with Crippen LogP contribution in [0.2, 0.25) is 5.02 Å². The van der Waals surface area contributed by atoms with Gasteiger partial charge in [-0.25, -0.2) is 0 Å². The first-order valence-corrected chi connectivity index (χ1v) is 9.37. The van der Waals surface area contributed by atoms with Crippen LogP contribution in [0, 0.1) is 0 Å². The van der Waals surface area contributed by atoms with Crippen molar-refractivity contribution in [2.75, 3.05) is 18.4 Å². The van der Waals surface area contributed by atoms with Crippen LogP contribution in [0.3, 0.4) is 0 Å². The predicted octanol–water partition coefficient (Wildman–Crippen LogP) is 5.16. The predicted molar refractivity (Wildman–Crippen MR) is 106 cm³/mol. The van der Waals surface area contributed by atoms with Crippen molar-refractivity contribution in [3.05, 3.63) is 70.8 Å². The molecule has 0 aromatic heterocycles. The Balaban J connectivity index is 1.90. The number of allylic oxidation sites excluding steroid dienone is 1. The molecule has 152 valence electrons. The number of anilines is 1. The van der Waals surface area contributed by atoms with Crippen molar-refractivity contribution in [2.24, 2.45) is 0 Å². The first-order valence-electron chi connectivity index (χ1n) is 9.00. The standard InChI is InChI=1S/C21H18ClF3N2O2/c22-15-8-9-18(16(12-15)20(29)27-10-4-5-11-27)26-19(28)13-17(21(23,24)25)14-6-2-1-3-7-14/h1-3,6-9,12-13H,4-5,10-11H2,(H,26,28)/b17-13+. The van der Waals surface area contributed by atoms with Gasteiger partial charge in [0.05, 0.1) is 16.8 Å². The fraction of sp³-hybridized carbons (Fsp3) is 0.238. The Kier molecular flexibility index (Phi) is 6.27. The van der Waals surface area contributed by atoms with Crippen LogP contribution in [0.15, 0.2) is 54.6 Å². The van der Waals surface area contributed by atoms with Crippen LogP contribution >= 0.6 is 11.6 Å². The van der Waals surface area contributed by atoms with Gasteiger partial charge in [-0.1, -0.05) is 41.9 Å². The molecule has 1 aliphatic heterocycles. The molecule has 29 heavy (non-hydrogen) atoms. The van der Waals surface area contributed by atoms with Crippen molar-refractivity contribution in [2.45, 2.75) is 19.0 Å². The Morgan fingerprint density at radius 3 is 2.31 bits per heavy atom. The molecule has 1 heterocycles. The number of carbonyl (C=O) groups is 2. The third-order valence-corrected chi connectivity index (χ3v) is 4.76. The van der Waals surface area contributed by atoms with E-state index in [2.05, 4.69) is 5.32 Å². The number of alkyl halides is 3. The van der Waals surface area contributed by atoms with E-state index in [1.54, 1.807) is 11.0 Å². The average molecular weight is 423 g/mol. The Labute approximate surface area is 171 Å². The van der Waals surface area contributed by atoms with Crippen LogP contribution in [0.1, 0.15) is 28.8 Å². The Bertz CT molecular complexity index is 937. The lowest BCUT2D eigenvalue weighted by molar-refractivity contribution is -0.112. The topological polar surface area (TPSA) is 49.4 Å². The minimum absolute atomic E-state index is 0.113. The molecule has 8 heteroatoms. The highest BCUT2D eigenvalue weighted by Gasteiger charge is 2.35. The maximum Gasteiger partial charge on any atom is 0.417 e. The summed E-state index contributed by atoms with van der Waals surface area (Å²) in [6, 6.07) is 11.3. The largest absolute Gasteiger partial charge is 0.417 e. The molecule has 1 aliphatic rings. The smallest absolute Gasteiger partial charge is 0.339 e. The molecule has 0 aliphatic carbocycles. The number of nitrogens with zero attached hydrogens (tertiary/aromatic N) is 1. The fourth-order valence-electron chi connectivity index (χ4n) is 3.14.